The van der Waals surface area contributed by atoms with E-state index >= 15 is 0 Å². The molecule has 0 saturated heterocycles. The fourth-order valence-electron chi connectivity index (χ4n) is 2.83. The number of esters is 1. The van der Waals surface area contributed by atoms with Gasteiger partial charge in [-0.15, -0.1) is 0 Å². The van der Waals surface area contributed by atoms with Gasteiger partial charge in [0.05, 0.1) is 29.6 Å². The van der Waals surface area contributed by atoms with Crippen LogP contribution in [-0.4, -0.2) is 34.9 Å². The third-order valence-corrected chi connectivity index (χ3v) is 4.30. The van der Waals surface area contributed by atoms with Gasteiger partial charge in [0.15, 0.2) is 12.4 Å². The molecule has 0 fully saturated rings. The first kappa shape index (κ1) is 24.4. The number of carbonyl (C=O) groups excluding carboxylic acids is 2. The van der Waals surface area contributed by atoms with Crippen LogP contribution in [0.5, 0.6) is 5.75 Å². The molecule has 1 aromatic heterocycles. The van der Waals surface area contributed by atoms with E-state index in [0.717, 1.165) is 35.0 Å². The normalized spacial score (nSPS) is 11.1. The van der Waals surface area contributed by atoms with Gasteiger partial charge >= 0.3 is 12.1 Å². The molecule has 2 aromatic carbocycles. The minimum atomic E-state index is -4.70. The predicted octanol–water partition coefficient (Wildman–Crippen LogP) is 3.58. The summed E-state index contributed by atoms with van der Waals surface area (Å²) in [6.07, 6.45) is -4.70. The Kier molecular flexibility index (Phi) is 7.29. The number of carbonyl (C=O) groups is 2. The third-order valence-electron chi connectivity index (χ3n) is 4.30. The Morgan fingerprint density at radius 2 is 1.76 bits per heavy atom. The smallest absolute Gasteiger partial charge is 0.418 e. The lowest BCUT2D eigenvalue weighted by atomic mass is 10.1. The zero-order valence-electron chi connectivity index (χ0n) is 17.6. The number of ether oxygens (including phenoxy) is 2. The summed E-state index contributed by atoms with van der Waals surface area (Å²) in [5.41, 5.74) is -2.64. The van der Waals surface area contributed by atoms with Crippen molar-refractivity contribution < 1.29 is 36.6 Å². The summed E-state index contributed by atoms with van der Waals surface area (Å²) in [5, 5.41) is 5.98. The van der Waals surface area contributed by atoms with E-state index in [1.807, 2.05) is 0 Å². The number of aromatic nitrogens is 2. The maximum absolute atomic E-state index is 13.2. The van der Waals surface area contributed by atoms with Gasteiger partial charge in [0.1, 0.15) is 5.82 Å². The van der Waals surface area contributed by atoms with E-state index in [1.165, 1.54) is 31.2 Å². The first-order chi connectivity index (χ1) is 16.1. The molecule has 0 aliphatic rings. The molecule has 0 spiro atoms. The van der Waals surface area contributed by atoms with Crippen LogP contribution in [0.2, 0.25) is 0 Å². The van der Waals surface area contributed by atoms with Gasteiger partial charge in [0, 0.05) is 0 Å². The molecular weight excluding hydrogens is 462 g/mol. The quantitative estimate of drug-likeness (QED) is 0.411. The van der Waals surface area contributed by atoms with E-state index in [0.29, 0.717) is 0 Å². The molecule has 34 heavy (non-hydrogen) atoms. The Labute approximate surface area is 189 Å². The molecule has 3 aromatic rings. The number of anilines is 1. The van der Waals surface area contributed by atoms with Crippen LogP contribution in [0.25, 0.3) is 5.69 Å². The monoisotopic (exact) mass is 479 g/mol. The second kappa shape index (κ2) is 10.1. The zero-order valence-corrected chi connectivity index (χ0v) is 17.6. The van der Waals surface area contributed by atoms with Crippen LogP contribution < -0.4 is 15.6 Å². The third kappa shape index (κ3) is 5.77. The van der Waals surface area contributed by atoms with Crippen LogP contribution in [0.3, 0.4) is 0 Å². The van der Waals surface area contributed by atoms with Crippen LogP contribution in [0.15, 0.2) is 59.4 Å². The Balaban J connectivity index is 1.86. The molecule has 8 nitrogen and oxygen atoms in total. The molecule has 1 amide bonds. The summed E-state index contributed by atoms with van der Waals surface area (Å²) >= 11 is 0. The van der Waals surface area contributed by atoms with E-state index in [9.17, 15) is 31.9 Å². The summed E-state index contributed by atoms with van der Waals surface area (Å²) in [6.45, 7) is 0.657. The van der Waals surface area contributed by atoms with Gasteiger partial charge in [-0.05, 0) is 43.3 Å². The fraction of sp³-hybridized carbons (Fsp3) is 0.182. The number of nitrogens with zero attached hydrogens (tertiary/aromatic N) is 2. The van der Waals surface area contributed by atoms with Crippen molar-refractivity contribution in [1.82, 2.24) is 9.78 Å². The number of nitrogens with one attached hydrogen (secondary N) is 1. The summed E-state index contributed by atoms with van der Waals surface area (Å²) in [4.78, 5) is 37.1. The lowest BCUT2D eigenvalue weighted by Gasteiger charge is -2.15. The molecule has 0 radical (unpaired) electrons. The highest BCUT2D eigenvalue weighted by molar-refractivity contribution is 5.93. The second-order valence-electron chi connectivity index (χ2n) is 6.68. The van der Waals surface area contributed by atoms with Crippen molar-refractivity contribution in [1.29, 1.82) is 0 Å². The van der Waals surface area contributed by atoms with E-state index in [2.05, 4.69) is 10.4 Å². The zero-order chi connectivity index (χ0) is 24.9. The molecule has 3 rings (SSSR count). The van der Waals surface area contributed by atoms with Crippen molar-refractivity contribution in [3.8, 4) is 11.4 Å². The van der Waals surface area contributed by atoms with Gasteiger partial charge in [-0.25, -0.2) is 9.18 Å². The molecular formula is C22H17F4N3O5. The van der Waals surface area contributed by atoms with E-state index in [-0.39, 0.29) is 12.3 Å². The number of benzene rings is 2. The highest BCUT2D eigenvalue weighted by atomic mass is 19.4. The van der Waals surface area contributed by atoms with Crippen LogP contribution in [0.4, 0.5) is 23.2 Å². The molecule has 1 N–H and O–H groups in total. The minimum absolute atomic E-state index is 0.0374. The maximum Gasteiger partial charge on any atom is 0.418 e. The first-order valence-electron chi connectivity index (χ1n) is 9.76. The van der Waals surface area contributed by atoms with Gasteiger partial charge < -0.3 is 14.8 Å². The molecule has 1 heterocycles. The van der Waals surface area contributed by atoms with Crippen molar-refractivity contribution in [2.75, 3.05) is 18.5 Å². The fourth-order valence-corrected chi connectivity index (χ4v) is 2.83. The topological polar surface area (TPSA) is 99.5 Å². The molecule has 0 saturated carbocycles. The lowest BCUT2D eigenvalue weighted by Crippen LogP contribution is -2.27. The largest absolute Gasteiger partial charge is 0.481 e. The van der Waals surface area contributed by atoms with E-state index < -0.39 is 58.7 Å². The number of hydrogen-bond donors (Lipinski definition) is 1. The Bertz CT molecular complexity index is 1260. The lowest BCUT2D eigenvalue weighted by molar-refractivity contribution is -0.137. The van der Waals surface area contributed by atoms with Crippen LogP contribution in [0, 0.1) is 5.82 Å². The Morgan fingerprint density at radius 1 is 1.09 bits per heavy atom. The molecule has 0 aliphatic carbocycles. The van der Waals surface area contributed by atoms with Crippen molar-refractivity contribution in [2.45, 2.75) is 13.1 Å². The van der Waals surface area contributed by atoms with Gasteiger partial charge in [-0.2, -0.15) is 23.0 Å². The van der Waals surface area contributed by atoms with Gasteiger partial charge in [-0.1, -0.05) is 12.1 Å². The maximum atomic E-state index is 13.2. The number of halogens is 4. The van der Waals surface area contributed by atoms with Crippen LogP contribution in [-0.2, 0) is 15.7 Å². The molecule has 0 unspecified atom stereocenters. The van der Waals surface area contributed by atoms with Gasteiger partial charge in [-0.3, -0.25) is 9.59 Å². The van der Waals surface area contributed by atoms with Crippen molar-refractivity contribution >= 4 is 17.6 Å². The number of alkyl halides is 3. The average Bonchev–Trinajstić information content (AvgIpc) is 2.78. The van der Waals surface area contributed by atoms with Crippen molar-refractivity contribution in [3.05, 3.63) is 82.0 Å². The summed E-state index contributed by atoms with van der Waals surface area (Å²) in [7, 11) is 0. The molecule has 12 heteroatoms. The Morgan fingerprint density at radius 3 is 2.41 bits per heavy atom. The van der Waals surface area contributed by atoms with Gasteiger partial charge in [0.25, 0.3) is 11.5 Å². The number of rotatable bonds is 7. The highest BCUT2D eigenvalue weighted by Gasteiger charge is 2.33. The minimum Gasteiger partial charge on any atom is -0.481 e. The van der Waals surface area contributed by atoms with Crippen molar-refractivity contribution in [2.24, 2.45) is 0 Å². The molecule has 0 atom stereocenters. The van der Waals surface area contributed by atoms with Gasteiger partial charge in [0.2, 0.25) is 5.69 Å². The molecule has 0 aliphatic heterocycles. The SMILES string of the molecule is CCOC(=O)c1nn(-c2ccc(F)cc2)c(=O)cc1OCC(=O)Nc1ccccc1C(F)(F)F. The summed E-state index contributed by atoms with van der Waals surface area (Å²) in [6, 6.07) is 9.88. The standard InChI is InChI=1S/C22H17F4N3O5/c1-2-33-21(32)20-17(11-19(31)29(28-20)14-9-7-13(23)8-10-14)34-12-18(30)27-16-6-4-3-5-15(16)22(24,25)26/h3-11H,2,12H2,1H3,(H,27,30). The van der Waals surface area contributed by atoms with Crippen LogP contribution in [0.1, 0.15) is 23.0 Å². The predicted molar refractivity (Wildman–Crippen MR) is 111 cm³/mol. The highest BCUT2D eigenvalue weighted by Crippen LogP contribution is 2.34. The molecule has 0 bridgehead atoms. The van der Waals surface area contributed by atoms with Crippen LogP contribution >= 0.6 is 0 Å². The first-order valence-corrected chi connectivity index (χ1v) is 9.76. The summed E-state index contributed by atoms with van der Waals surface area (Å²) in [5.74, 6) is -2.92. The second-order valence-corrected chi connectivity index (χ2v) is 6.68. The van der Waals surface area contributed by atoms with Crippen molar-refractivity contribution in [3.63, 3.8) is 0 Å². The number of hydrogen-bond acceptors (Lipinski definition) is 6. The average molecular weight is 479 g/mol. The molecule has 178 valence electrons. The summed E-state index contributed by atoms with van der Waals surface area (Å²) < 4.78 is 63.4. The Hall–Kier alpha value is -4.22. The number of para-hydroxylation sites is 1. The van der Waals surface area contributed by atoms with E-state index in [4.69, 9.17) is 9.47 Å². The van der Waals surface area contributed by atoms with E-state index in [1.54, 1.807) is 0 Å². The number of amides is 1.